The highest BCUT2D eigenvalue weighted by Gasteiger charge is 2.50. The van der Waals surface area contributed by atoms with Crippen molar-refractivity contribution in [1.82, 2.24) is 24.5 Å². The van der Waals surface area contributed by atoms with Crippen LogP contribution in [0.3, 0.4) is 0 Å². The van der Waals surface area contributed by atoms with Crippen molar-refractivity contribution in [2.75, 3.05) is 62.7 Å². The number of likely N-dealkylation sites (tertiary alicyclic amines) is 2. The van der Waals surface area contributed by atoms with E-state index in [-0.39, 0.29) is 71.1 Å². The molecular formula is C55H68N8O10S. The van der Waals surface area contributed by atoms with Crippen LogP contribution in [0.25, 0.3) is 11.0 Å². The molecular weight excluding hydrogens is 965 g/mol. The van der Waals surface area contributed by atoms with Crippen molar-refractivity contribution in [1.29, 1.82) is 0 Å². The number of carbonyl (C=O) groups is 1. The second-order valence-corrected chi connectivity index (χ2v) is 24.1. The number of aromatic amines is 1. The molecule has 3 saturated heterocycles. The number of aliphatic hydroxyl groups excluding tert-OH is 1. The molecule has 74 heavy (non-hydrogen) atoms. The predicted molar refractivity (Wildman–Crippen MR) is 280 cm³/mol. The minimum Gasteiger partial charge on any atom is -0.489 e. The monoisotopic (exact) mass is 1030 g/mol. The summed E-state index contributed by atoms with van der Waals surface area (Å²) in [6, 6.07) is 20.5. The maximum Gasteiger partial charge on any atom is 0.297 e. The number of aromatic nitrogens is 2. The number of fused-ring (bicyclic) bond motifs is 2. The minimum absolute atomic E-state index is 0.0155. The van der Waals surface area contributed by atoms with E-state index in [9.17, 15) is 33.5 Å². The maximum atomic E-state index is 14.4. The topological polar surface area (TPSA) is 225 Å². The number of aliphatic hydroxyl groups is 2. The molecule has 5 N–H and O–H groups in total. The number of nitro groups is 1. The van der Waals surface area contributed by atoms with Gasteiger partial charge in [-0.2, -0.15) is 4.98 Å². The average Bonchev–Trinajstić information content (AvgIpc) is 4.05. The lowest BCUT2D eigenvalue weighted by Crippen LogP contribution is -2.54. The number of H-pyrrole nitrogens is 1. The third-order valence-electron chi connectivity index (χ3n) is 17.0. The Kier molecular flexibility index (Phi) is 13.5. The summed E-state index contributed by atoms with van der Waals surface area (Å²) >= 11 is 0. The molecule has 1 amide bonds. The number of benzene rings is 3. The molecule has 2 aromatic heterocycles. The zero-order chi connectivity index (χ0) is 51.5. The molecule has 0 bridgehead atoms. The van der Waals surface area contributed by atoms with Gasteiger partial charge < -0.3 is 39.6 Å². The van der Waals surface area contributed by atoms with Gasteiger partial charge in [0.2, 0.25) is 0 Å². The minimum atomic E-state index is -4.73. The van der Waals surface area contributed by atoms with Crippen molar-refractivity contribution in [2.24, 2.45) is 11.3 Å². The smallest absolute Gasteiger partial charge is 0.297 e. The third-order valence-corrected chi connectivity index (χ3v) is 18.3. The lowest BCUT2D eigenvalue weighted by atomic mass is 9.59. The van der Waals surface area contributed by atoms with Gasteiger partial charge in [0.1, 0.15) is 24.6 Å². The molecule has 19 heteroatoms. The van der Waals surface area contributed by atoms with Gasteiger partial charge in [-0.15, -0.1) is 0 Å². The van der Waals surface area contributed by atoms with Gasteiger partial charge in [-0.25, -0.2) is 13.1 Å². The number of piperidine rings is 1. The van der Waals surface area contributed by atoms with Crippen LogP contribution in [-0.4, -0.2) is 126 Å². The van der Waals surface area contributed by atoms with Crippen LogP contribution >= 0.6 is 0 Å². The standard InChI is InChI=1S/C55H68N8O10S/c1-34(2)41-7-4-5-8-42(41)45-9-6-20-62(45)38-29-55(30-38)17-21-61(22-18-55)37-10-11-43(47(26-37)73-49-25-36-14-19-56-51(36)58-53(49)71-24-23-60-31-39(64)32-60)52(65)59-74(69,70)40-27-46(63(67)68)50-48(28-40)72-33-44(57-50)35-12-15-54(3,66)16-13-35/h4-5,7-8,10-11,14,19,25-28,34-35,38-39,44-45,57,64,66H,6,9,12-13,15-18,20-24,29-33H2,1-3H3,(H,56,58)(H,59,65)/t35-,44-,45-,54-/m1/s1. The number of hydrogen-bond acceptors (Lipinski definition) is 15. The number of carbonyl (C=O) groups excluding carboxylic acids is 1. The number of sulfonamides is 1. The fourth-order valence-electron chi connectivity index (χ4n) is 12.6. The van der Waals surface area contributed by atoms with Gasteiger partial charge in [0, 0.05) is 80.3 Å². The van der Waals surface area contributed by atoms with E-state index in [2.05, 4.69) is 62.9 Å². The normalized spacial score (nSPS) is 24.5. The van der Waals surface area contributed by atoms with Gasteiger partial charge in [0.25, 0.3) is 27.5 Å². The molecule has 394 valence electrons. The number of nitrogens with one attached hydrogen (secondary N) is 3. The summed E-state index contributed by atoms with van der Waals surface area (Å²) in [7, 11) is -4.73. The van der Waals surface area contributed by atoms with Crippen molar-refractivity contribution in [3.05, 3.63) is 99.7 Å². The number of ether oxygens (including phenoxy) is 3. The summed E-state index contributed by atoms with van der Waals surface area (Å²) in [6.45, 7) is 11.1. The average molecular weight is 1030 g/mol. The molecule has 5 fully saturated rings. The first kappa shape index (κ1) is 50.2. The highest BCUT2D eigenvalue weighted by molar-refractivity contribution is 7.90. The quantitative estimate of drug-likeness (QED) is 0.0492. The molecule has 0 unspecified atom stereocenters. The first-order valence-corrected chi connectivity index (χ1v) is 27.9. The highest BCUT2D eigenvalue weighted by atomic mass is 32.2. The van der Waals surface area contributed by atoms with Crippen LogP contribution < -0.4 is 29.1 Å². The molecule has 0 radical (unpaired) electrons. The van der Waals surface area contributed by atoms with Crippen LogP contribution in [0.2, 0.25) is 0 Å². The molecule has 1 spiro atoms. The molecule has 6 aliphatic rings. The van der Waals surface area contributed by atoms with Crippen molar-refractivity contribution in [2.45, 2.75) is 126 Å². The number of amides is 1. The van der Waals surface area contributed by atoms with Crippen LogP contribution in [0.5, 0.6) is 23.1 Å². The Morgan fingerprint density at radius 3 is 2.51 bits per heavy atom. The molecule has 18 nitrogen and oxygen atoms in total. The third kappa shape index (κ3) is 10.1. The van der Waals surface area contributed by atoms with Crippen LogP contribution in [0.15, 0.2) is 77.8 Å². The Morgan fingerprint density at radius 2 is 1.77 bits per heavy atom. The summed E-state index contributed by atoms with van der Waals surface area (Å²) in [5, 5.41) is 36.8. The van der Waals surface area contributed by atoms with Gasteiger partial charge in [0.05, 0.1) is 33.1 Å². The van der Waals surface area contributed by atoms with Crippen molar-refractivity contribution in [3.8, 4) is 23.1 Å². The molecule has 2 atom stereocenters. The molecule has 6 heterocycles. The summed E-state index contributed by atoms with van der Waals surface area (Å²) in [5.41, 5.74) is 3.25. The number of β-amino-alcohol motifs (C(OH)–C–C–N with tert-alkyl or cyclic N) is 1. The fraction of sp³-hybridized carbons (Fsp3) is 0.527. The number of pyridine rings is 1. The van der Waals surface area contributed by atoms with Gasteiger partial charge in [-0.3, -0.25) is 24.7 Å². The number of rotatable bonds is 15. The van der Waals surface area contributed by atoms with Crippen LogP contribution in [0, 0.1) is 21.4 Å². The van der Waals surface area contributed by atoms with E-state index in [1.807, 2.05) is 11.0 Å². The van der Waals surface area contributed by atoms with Gasteiger partial charge >= 0.3 is 0 Å². The fourth-order valence-corrected chi connectivity index (χ4v) is 13.6. The molecule has 2 aliphatic carbocycles. The molecule has 4 aliphatic heterocycles. The van der Waals surface area contributed by atoms with Gasteiger partial charge in [0.15, 0.2) is 17.2 Å². The van der Waals surface area contributed by atoms with Crippen LogP contribution in [0.1, 0.15) is 118 Å². The Hall–Kier alpha value is -5.99. The van der Waals surface area contributed by atoms with Crippen LogP contribution in [-0.2, 0) is 10.0 Å². The second kappa shape index (κ2) is 19.9. The molecule has 11 rings (SSSR count). The molecule has 5 aromatic rings. The summed E-state index contributed by atoms with van der Waals surface area (Å²) < 4.78 is 49.4. The Morgan fingerprint density at radius 1 is 1.00 bits per heavy atom. The number of hydrogen-bond donors (Lipinski definition) is 5. The van der Waals surface area contributed by atoms with E-state index >= 15 is 0 Å². The number of nitrogens with zero attached hydrogens (tertiary/aromatic N) is 5. The summed E-state index contributed by atoms with van der Waals surface area (Å²) in [4.78, 5) is 40.7. The van der Waals surface area contributed by atoms with E-state index < -0.39 is 37.0 Å². The Labute approximate surface area is 432 Å². The van der Waals surface area contributed by atoms with E-state index in [0.29, 0.717) is 69.0 Å². The number of anilines is 2. The predicted octanol–water partition coefficient (Wildman–Crippen LogP) is 8.26. The molecule has 2 saturated carbocycles. The van der Waals surface area contributed by atoms with Gasteiger partial charge in [-0.1, -0.05) is 38.1 Å². The summed E-state index contributed by atoms with van der Waals surface area (Å²) in [5.74, 6) is -0.0391. The van der Waals surface area contributed by atoms with Crippen molar-refractivity contribution in [3.63, 3.8) is 0 Å². The largest absolute Gasteiger partial charge is 0.489 e. The zero-order valence-corrected chi connectivity index (χ0v) is 43.2. The van der Waals surface area contributed by atoms with E-state index in [0.717, 1.165) is 49.6 Å². The Bertz CT molecular complexity index is 3020. The zero-order valence-electron chi connectivity index (χ0n) is 42.4. The van der Waals surface area contributed by atoms with E-state index in [1.165, 1.54) is 42.9 Å². The first-order chi connectivity index (χ1) is 35.5. The lowest BCUT2D eigenvalue weighted by Gasteiger charge is -2.56. The van der Waals surface area contributed by atoms with Crippen LogP contribution in [0.4, 0.5) is 17.1 Å². The van der Waals surface area contributed by atoms with E-state index in [1.54, 1.807) is 37.4 Å². The van der Waals surface area contributed by atoms with Crippen molar-refractivity contribution < 1.29 is 42.6 Å². The maximum absolute atomic E-state index is 14.4. The second-order valence-electron chi connectivity index (χ2n) is 22.4. The Balaban J connectivity index is 0.837. The summed E-state index contributed by atoms with van der Waals surface area (Å²) in [6.07, 6.45) is 10.7. The number of nitro benzene ring substituents is 1. The lowest BCUT2D eigenvalue weighted by molar-refractivity contribution is -0.384. The highest BCUT2D eigenvalue weighted by Crippen LogP contribution is 2.54. The first-order valence-electron chi connectivity index (χ1n) is 26.4. The van der Waals surface area contributed by atoms with Gasteiger partial charge in [-0.05, 0) is 130 Å². The van der Waals surface area contributed by atoms with Crippen molar-refractivity contribution >= 4 is 44.0 Å². The SMILES string of the molecule is CC(C)c1ccccc1[C@H]1CCCN1C1CC2(CCN(c3ccc(C(=O)NS(=O)(=O)c4cc5c(c([N+](=O)[O-])c4)N[C@@H]([C@H]4CC[C@](C)(O)CC4)CO5)c(Oc4cc5cc[nH]c5nc4OCCN4CC(O)C4)c3)CC2)C1. The molecule has 3 aromatic carbocycles. The van der Waals surface area contributed by atoms with E-state index in [4.69, 9.17) is 19.2 Å².